The molecule has 0 bridgehead atoms. The van der Waals surface area contributed by atoms with Crippen LogP contribution in [0, 0.1) is 0 Å². The summed E-state index contributed by atoms with van der Waals surface area (Å²) < 4.78 is 0. The standard InChI is InChI=1S/C19H23N3O/c23-19-17(11-5-4-10-16-8-2-1-3-9-16)20-14-15-22(19)18-12-6-7-13-21-18/h1-3,6-9,12-13,17,20H,4-5,10-11,14-15H2. The molecule has 4 nitrogen and oxygen atoms in total. The molecule has 2 heterocycles. The van der Waals surface area contributed by atoms with E-state index in [1.165, 1.54) is 5.56 Å². The number of benzene rings is 1. The summed E-state index contributed by atoms with van der Waals surface area (Å²) in [7, 11) is 0. The first-order valence-corrected chi connectivity index (χ1v) is 8.34. The fourth-order valence-electron chi connectivity index (χ4n) is 3.02. The van der Waals surface area contributed by atoms with Crippen LogP contribution in [0.2, 0.25) is 0 Å². The maximum Gasteiger partial charge on any atom is 0.245 e. The van der Waals surface area contributed by atoms with Crippen LogP contribution in [0.4, 0.5) is 5.82 Å². The highest BCUT2D eigenvalue weighted by atomic mass is 16.2. The first-order chi connectivity index (χ1) is 11.3. The molecule has 1 saturated heterocycles. The Bertz CT molecular complexity index is 615. The normalized spacial score (nSPS) is 18.2. The highest BCUT2D eigenvalue weighted by molar-refractivity contribution is 5.97. The maximum absolute atomic E-state index is 12.6. The van der Waals surface area contributed by atoms with E-state index in [0.29, 0.717) is 6.54 Å². The van der Waals surface area contributed by atoms with E-state index in [1.807, 2.05) is 24.3 Å². The Kier molecular flexibility index (Phi) is 5.37. The van der Waals surface area contributed by atoms with Crippen molar-refractivity contribution in [1.82, 2.24) is 10.3 Å². The summed E-state index contributed by atoms with van der Waals surface area (Å²) in [5.41, 5.74) is 1.37. The molecule has 1 aromatic heterocycles. The van der Waals surface area contributed by atoms with Gasteiger partial charge < -0.3 is 5.32 Å². The highest BCUT2D eigenvalue weighted by Gasteiger charge is 2.29. The van der Waals surface area contributed by atoms with Gasteiger partial charge in [-0.3, -0.25) is 9.69 Å². The van der Waals surface area contributed by atoms with Gasteiger partial charge in [0.25, 0.3) is 0 Å². The molecule has 4 heteroatoms. The predicted molar refractivity (Wildman–Crippen MR) is 92.4 cm³/mol. The van der Waals surface area contributed by atoms with Gasteiger partial charge in [-0.25, -0.2) is 4.98 Å². The minimum atomic E-state index is -0.0819. The molecular formula is C19H23N3O. The van der Waals surface area contributed by atoms with Gasteiger partial charge in [-0.2, -0.15) is 0 Å². The van der Waals surface area contributed by atoms with Crippen LogP contribution in [-0.4, -0.2) is 30.0 Å². The molecule has 1 N–H and O–H groups in total. The van der Waals surface area contributed by atoms with E-state index >= 15 is 0 Å². The number of nitrogens with zero attached hydrogens (tertiary/aromatic N) is 2. The second-order valence-electron chi connectivity index (χ2n) is 5.92. The number of nitrogens with one attached hydrogen (secondary N) is 1. The summed E-state index contributed by atoms with van der Waals surface area (Å²) in [6, 6.07) is 16.1. The largest absolute Gasteiger partial charge is 0.304 e. The van der Waals surface area contributed by atoms with Crippen molar-refractivity contribution in [3.8, 4) is 0 Å². The Balaban J connectivity index is 1.49. The number of hydrogen-bond donors (Lipinski definition) is 1. The van der Waals surface area contributed by atoms with E-state index in [2.05, 4.69) is 34.6 Å². The minimum absolute atomic E-state index is 0.0819. The molecule has 23 heavy (non-hydrogen) atoms. The van der Waals surface area contributed by atoms with Gasteiger partial charge in [0.15, 0.2) is 0 Å². The lowest BCUT2D eigenvalue weighted by Crippen LogP contribution is -2.55. The lowest BCUT2D eigenvalue weighted by atomic mass is 10.0. The molecule has 1 aromatic carbocycles. The number of aryl methyl sites for hydroxylation is 1. The molecule has 1 unspecified atom stereocenters. The zero-order valence-corrected chi connectivity index (χ0v) is 13.3. The molecule has 120 valence electrons. The number of pyridine rings is 1. The summed E-state index contributed by atoms with van der Waals surface area (Å²) in [6.45, 7) is 1.52. The lowest BCUT2D eigenvalue weighted by Gasteiger charge is -2.32. The van der Waals surface area contributed by atoms with Crippen LogP contribution in [-0.2, 0) is 11.2 Å². The average molecular weight is 309 g/mol. The van der Waals surface area contributed by atoms with Crippen molar-refractivity contribution in [2.45, 2.75) is 31.7 Å². The Hall–Kier alpha value is -2.20. The number of rotatable bonds is 6. The van der Waals surface area contributed by atoms with Gasteiger partial charge in [0, 0.05) is 19.3 Å². The van der Waals surface area contributed by atoms with Crippen molar-refractivity contribution in [3.05, 3.63) is 60.3 Å². The average Bonchev–Trinajstić information content (AvgIpc) is 2.61. The third kappa shape index (κ3) is 4.17. The number of carbonyl (C=O) groups is 1. The van der Waals surface area contributed by atoms with E-state index in [0.717, 1.165) is 38.0 Å². The second kappa shape index (κ2) is 7.88. The zero-order chi connectivity index (χ0) is 15.9. The Morgan fingerprint density at radius 3 is 2.70 bits per heavy atom. The quantitative estimate of drug-likeness (QED) is 0.835. The van der Waals surface area contributed by atoms with Gasteiger partial charge in [-0.1, -0.05) is 42.8 Å². The van der Waals surface area contributed by atoms with Crippen molar-refractivity contribution in [3.63, 3.8) is 0 Å². The van der Waals surface area contributed by atoms with E-state index in [9.17, 15) is 4.79 Å². The predicted octanol–water partition coefficient (Wildman–Crippen LogP) is 2.80. The third-order valence-electron chi connectivity index (χ3n) is 4.27. The number of amides is 1. The van der Waals surface area contributed by atoms with Gasteiger partial charge >= 0.3 is 0 Å². The lowest BCUT2D eigenvalue weighted by molar-refractivity contribution is -0.121. The first-order valence-electron chi connectivity index (χ1n) is 8.34. The fraction of sp³-hybridized carbons (Fsp3) is 0.368. The minimum Gasteiger partial charge on any atom is -0.304 e. The molecule has 1 aliphatic heterocycles. The molecule has 3 rings (SSSR count). The van der Waals surface area contributed by atoms with E-state index in [4.69, 9.17) is 0 Å². The molecule has 0 saturated carbocycles. The van der Waals surface area contributed by atoms with Gasteiger partial charge in [0.05, 0.1) is 6.04 Å². The van der Waals surface area contributed by atoms with E-state index in [1.54, 1.807) is 11.1 Å². The summed E-state index contributed by atoms with van der Waals surface area (Å²) in [4.78, 5) is 18.7. The molecule has 0 radical (unpaired) electrons. The maximum atomic E-state index is 12.6. The van der Waals surface area contributed by atoms with Gasteiger partial charge in [0.2, 0.25) is 5.91 Å². The molecule has 1 aliphatic rings. The number of aromatic nitrogens is 1. The first kappa shape index (κ1) is 15.7. The molecule has 1 amide bonds. The fourth-order valence-corrected chi connectivity index (χ4v) is 3.02. The number of unbranched alkanes of at least 4 members (excludes halogenated alkanes) is 1. The van der Waals surface area contributed by atoms with Crippen molar-refractivity contribution in [1.29, 1.82) is 0 Å². The zero-order valence-electron chi connectivity index (χ0n) is 13.3. The smallest absolute Gasteiger partial charge is 0.245 e. The van der Waals surface area contributed by atoms with Crippen LogP contribution < -0.4 is 10.2 Å². The van der Waals surface area contributed by atoms with E-state index < -0.39 is 0 Å². The SMILES string of the molecule is O=C1C(CCCCc2ccccc2)NCCN1c1ccccn1. The van der Waals surface area contributed by atoms with Crippen LogP contribution in [0.25, 0.3) is 0 Å². The molecule has 2 aromatic rings. The Morgan fingerprint density at radius 2 is 1.91 bits per heavy atom. The number of hydrogen-bond acceptors (Lipinski definition) is 3. The van der Waals surface area contributed by atoms with Crippen LogP contribution in [0.3, 0.4) is 0 Å². The molecule has 1 fully saturated rings. The Labute approximate surface area is 137 Å². The van der Waals surface area contributed by atoms with Crippen molar-refractivity contribution in [2.75, 3.05) is 18.0 Å². The van der Waals surface area contributed by atoms with Gasteiger partial charge in [-0.05, 0) is 37.0 Å². The summed E-state index contributed by atoms with van der Waals surface area (Å²) >= 11 is 0. The molecule has 1 atom stereocenters. The van der Waals surface area contributed by atoms with Crippen molar-refractivity contribution >= 4 is 11.7 Å². The highest BCUT2D eigenvalue weighted by Crippen LogP contribution is 2.16. The van der Waals surface area contributed by atoms with Gasteiger partial charge in [0.1, 0.15) is 5.82 Å². The number of carbonyl (C=O) groups excluding carboxylic acids is 1. The Morgan fingerprint density at radius 1 is 1.09 bits per heavy atom. The van der Waals surface area contributed by atoms with Gasteiger partial charge in [-0.15, -0.1) is 0 Å². The number of piperazine rings is 1. The monoisotopic (exact) mass is 309 g/mol. The third-order valence-corrected chi connectivity index (χ3v) is 4.27. The second-order valence-corrected chi connectivity index (χ2v) is 5.92. The summed E-state index contributed by atoms with van der Waals surface area (Å²) in [5.74, 6) is 0.906. The van der Waals surface area contributed by atoms with Crippen LogP contribution in [0.15, 0.2) is 54.7 Å². The van der Waals surface area contributed by atoms with Crippen molar-refractivity contribution < 1.29 is 4.79 Å². The van der Waals surface area contributed by atoms with Crippen LogP contribution in [0.1, 0.15) is 24.8 Å². The van der Waals surface area contributed by atoms with Crippen LogP contribution >= 0.6 is 0 Å². The van der Waals surface area contributed by atoms with Crippen molar-refractivity contribution in [2.24, 2.45) is 0 Å². The molecule has 0 spiro atoms. The molecule has 0 aliphatic carbocycles. The molecular weight excluding hydrogens is 286 g/mol. The van der Waals surface area contributed by atoms with E-state index in [-0.39, 0.29) is 11.9 Å². The topological polar surface area (TPSA) is 45.2 Å². The number of anilines is 1. The summed E-state index contributed by atoms with van der Waals surface area (Å²) in [5, 5.41) is 3.35. The van der Waals surface area contributed by atoms with Crippen LogP contribution in [0.5, 0.6) is 0 Å². The summed E-state index contributed by atoms with van der Waals surface area (Å²) in [6.07, 6.45) is 5.85.